The van der Waals surface area contributed by atoms with Crippen LogP contribution >= 0.6 is 0 Å². The molecule has 3 aliphatic rings. The second kappa shape index (κ2) is 5.49. The summed E-state index contributed by atoms with van der Waals surface area (Å²) in [5, 5.41) is 6.32. The highest BCUT2D eigenvalue weighted by molar-refractivity contribution is 5.89. The van der Waals surface area contributed by atoms with E-state index in [2.05, 4.69) is 10.6 Å². The number of rotatable bonds is 2. The third-order valence-electron chi connectivity index (χ3n) is 4.85. The second-order valence-electron chi connectivity index (χ2n) is 6.07. The van der Waals surface area contributed by atoms with Crippen molar-refractivity contribution in [1.29, 1.82) is 0 Å². The van der Waals surface area contributed by atoms with Gasteiger partial charge in [0, 0.05) is 32.1 Å². The van der Waals surface area contributed by atoms with E-state index in [9.17, 15) is 9.59 Å². The topological polar surface area (TPSA) is 61.4 Å². The Kier molecular flexibility index (Phi) is 3.73. The third-order valence-corrected chi connectivity index (χ3v) is 4.85. The predicted octanol–water partition coefficient (Wildman–Crippen LogP) is 0.113. The van der Waals surface area contributed by atoms with Gasteiger partial charge in [0.25, 0.3) is 0 Å². The van der Waals surface area contributed by atoms with Crippen LogP contribution in [0, 0.1) is 11.8 Å². The highest BCUT2D eigenvalue weighted by atomic mass is 16.2. The molecule has 0 bridgehead atoms. The summed E-state index contributed by atoms with van der Waals surface area (Å²) in [5.74, 6) is 0.808. The van der Waals surface area contributed by atoms with Gasteiger partial charge in [0.05, 0.1) is 5.92 Å². The SMILES string of the molecule is O=C1CC(C(=O)N2CCC(C3CCCN3)CC2)CN1. The fourth-order valence-corrected chi connectivity index (χ4v) is 3.67. The van der Waals surface area contributed by atoms with E-state index in [4.69, 9.17) is 0 Å². The number of hydrogen-bond donors (Lipinski definition) is 2. The van der Waals surface area contributed by atoms with Gasteiger partial charge in [-0.05, 0) is 38.1 Å². The van der Waals surface area contributed by atoms with Crippen molar-refractivity contribution in [2.24, 2.45) is 11.8 Å². The minimum Gasteiger partial charge on any atom is -0.355 e. The van der Waals surface area contributed by atoms with Crippen LogP contribution in [0.1, 0.15) is 32.1 Å². The van der Waals surface area contributed by atoms with Crippen molar-refractivity contribution >= 4 is 11.8 Å². The maximum absolute atomic E-state index is 12.3. The Balaban J connectivity index is 1.49. The molecule has 106 valence electrons. The van der Waals surface area contributed by atoms with Crippen LogP contribution in [0.3, 0.4) is 0 Å². The lowest BCUT2D eigenvalue weighted by Crippen LogP contribution is -2.45. The Morgan fingerprint density at radius 1 is 1.21 bits per heavy atom. The third kappa shape index (κ3) is 2.76. The Hall–Kier alpha value is -1.10. The second-order valence-corrected chi connectivity index (χ2v) is 6.07. The average molecular weight is 265 g/mol. The molecule has 0 aromatic carbocycles. The van der Waals surface area contributed by atoms with Crippen LogP contribution in [0.2, 0.25) is 0 Å². The van der Waals surface area contributed by atoms with Gasteiger partial charge in [0.1, 0.15) is 0 Å². The minimum atomic E-state index is -0.117. The molecule has 2 amide bonds. The molecule has 0 aliphatic carbocycles. The average Bonchev–Trinajstić information content (AvgIpc) is 3.09. The molecule has 0 aromatic heterocycles. The van der Waals surface area contributed by atoms with Crippen LogP contribution in [-0.2, 0) is 9.59 Å². The number of hydrogen-bond acceptors (Lipinski definition) is 3. The molecule has 0 radical (unpaired) electrons. The van der Waals surface area contributed by atoms with Crippen LogP contribution in [-0.4, -0.2) is 48.9 Å². The Bertz CT molecular complexity index is 358. The number of piperidine rings is 1. The first-order valence-electron chi connectivity index (χ1n) is 7.53. The smallest absolute Gasteiger partial charge is 0.227 e. The van der Waals surface area contributed by atoms with Gasteiger partial charge >= 0.3 is 0 Å². The monoisotopic (exact) mass is 265 g/mol. The minimum absolute atomic E-state index is 0.0170. The highest BCUT2D eigenvalue weighted by Gasteiger charge is 2.34. The standard InChI is InChI=1S/C14H23N3O2/c18-13-8-11(9-16-13)14(19)17-6-3-10(4-7-17)12-2-1-5-15-12/h10-12,15H,1-9H2,(H,16,18). The molecule has 3 heterocycles. The molecule has 5 heteroatoms. The van der Waals surface area contributed by atoms with Crippen molar-refractivity contribution in [3.63, 3.8) is 0 Å². The van der Waals surface area contributed by atoms with E-state index in [-0.39, 0.29) is 17.7 Å². The maximum Gasteiger partial charge on any atom is 0.227 e. The molecule has 3 saturated heterocycles. The number of carbonyl (C=O) groups excluding carboxylic acids is 2. The van der Waals surface area contributed by atoms with E-state index in [1.54, 1.807) is 0 Å². The Morgan fingerprint density at radius 2 is 2.00 bits per heavy atom. The first-order chi connectivity index (χ1) is 9.24. The highest BCUT2D eigenvalue weighted by Crippen LogP contribution is 2.26. The van der Waals surface area contributed by atoms with Gasteiger partial charge in [-0.2, -0.15) is 0 Å². The van der Waals surface area contributed by atoms with Gasteiger partial charge in [-0.15, -0.1) is 0 Å². The molecule has 19 heavy (non-hydrogen) atoms. The van der Waals surface area contributed by atoms with Gasteiger partial charge in [0.15, 0.2) is 0 Å². The predicted molar refractivity (Wildman–Crippen MR) is 71.4 cm³/mol. The van der Waals surface area contributed by atoms with Crippen molar-refractivity contribution < 1.29 is 9.59 Å². The summed E-state index contributed by atoms with van der Waals surface area (Å²) in [6.45, 7) is 3.42. The summed E-state index contributed by atoms with van der Waals surface area (Å²) in [6.07, 6.45) is 5.18. The van der Waals surface area contributed by atoms with Gasteiger partial charge in [-0.3, -0.25) is 9.59 Å². The van der Waals surface area contributed by atoms with E-state index < -0.39 is 0 Å². The first kappa shape index (κ1) is 12.9. The zero-order valence-corrected chi connectivity index (χ0v) is 11.4. The number of nitrogens with zero attached hydrogens (tertiary/aromatic N) is 1. The normalized spacial score (nSPS) is 32.6. The van der Waals surface area contributed by atoms with Gasteiger partial charge in [-0.1, -0.05) is 0 Å². The molecule has 0 saturated carbocycles. The maximum atomic E-state index is 12.3. The first-order valence-corrected chi connectivity index (χ1v) is 7.53. The fraction of sp³-hybridized carbons (Fsp3) is 0.857. The molecule has 0 spiro atoms. The van der Waals surface area contributed by atoms with Crippen LogP contribution in [0.15, 0.2) is 0 Å². The number of nitrogens with one attached hydrogen (secondary N) is 2. The van der Waals surface area contributed by atoms with Gasteiger partial charge in [0.2, 0.25) is 11.8 Å². The summed E-state index contributed by atoms with van der Waals surface area (Å²) in [5.41, 5.74) is 0. The fourth-order valence-electron chi connectivity index (χ4n) is 3.67. The summed E-state index contributed by atoms with van der Waals surface area (Å²) in [7, 11) is 0. The van der Waals surface area contributed by atoms with Crippen molar-refractivity contribution in [2.45, 2.75) is 38.1 Å². The van der Waals surface area contributed by atoms with Crippen molar-refractivity contribution in [3.8, 4) is 0 Å². The molecule has 3 aliphatic heterocycles. The van der Waals surface area contributed by atoms with Crippen LogP contribution in [0.4, 0.5) is 0 Å². The lowest BCUT2D eigenvalue weighted by Gasteiger charge is -2.35. The molecular formula is C14H23N3O2. The zero-order valence-electron chi connectivity index (χ0n) is 11.4. The van der Waals surface area contributed by atoms with Crippen molar-refractivity contribution in [3.05, 3.63) is 0 Å². The summed E-state index contributed by atoms with van der Waals surface area (Å²) >= 11 is 0. The van der Waals surface area contributed by atoms with E-state index >= 15 is 0 Å². The molecule has 0 aromatic rings. The number of carbonyl (C=O) groups is 2. The van der Waals surface area contributed by atoms with Crippen LogP contribution in [0.25, 0.3) is 0 Å². The molecular weight excluding hydrogens is 242 g/mol. The Labute approximate surface area is 114 Å². The summed E-state index contributed by atoms with van der Waals surface area (Å²) < 4.78 is 0. The van der Waals surface area contributed by atoms with E-state index in [0.29, 0.717) is 19.0 Å². The lowest BCUT2D eigenvalue weighted by molar-refractivity contribution is -0.137. The Morgan fingerprint density at radius 3 is 2.58 bits per heavy atom. The molecule has 2 N–H and O–H groups in total. The largest absolute Gasteiger partial charge is 0.355 e. The lowest BCUT2D eigenvalue weighted by atomic mass is 9.88. The van der Waals surface area contributed by atoms with E-state index in [1.165, 1.54) is 12.8 Å². The molecule has 3 rings (SSSR count). The van der Waals surface area contributed by atoms with Crippen LogP contribution < -0.4 is 10.6 Å². The number of likely N-dealkylation sites (tertiary alicyclic amines) is 1. The van der Waals surface area contributed by atoms with Crippen molar-refractivity contribution in [2.75, 3.05) is 26.2 Å². The zero-order chi connectivity index (χ0) is 13.2. The van der Waals surface area contributed by atoms with Gasteiger partial charge < -0.3 is 15.5 Å². The van der Waals surface area contributed by atoms with Gasteiger partial charge in [-0.25, -0.2) is 0 Å². The molecule has 2 atom stereocenters. The molecule has 5 nitrogen and oxygen atoms in total. The summed E-state index contributed by atoms with van der Waals surface area (Å²) in [6, 6.07) is 0.673. The van der Waals surface area contributed by atoms with E-state index in [1.807, 2.05) is 4.90 Å². The van der Waals surface area contributed by atoms with Crippen LogP contribution in [0.5, 0.6) is 0 Å². The summed E-state index contributed by atoms with van der Waals surface area (Å²) in [4.78, 5) is 25.4. The molecule has 3 fully saturated rings. The number of amides is 2. The van der Waals surface area contributed by atoms with E-state index in [0.717, 1.165) is 38.4 Å². The van der Waals surface area contributed by atoms with Crippen molar-refractivity contribution in [1.82, 2.24) is 15.5 Å². The molecule has 2 unspecified atom stereocenters. The quantitative estimate of drug-likeness (QED) is 0.745.